The molecule has 8 heteroatoms. The van der Waals surface area contributed by atoms with E-state index in [9.17, 15) is 13.6 Å². The van der Waals surface area contributed by atoms with Gasteiger partial charge in [-0.1, -0.05) is 24.3 Å². The topological polar surface area (TPSA) is 76.2 Å². The molecule has 1 aromatic heterocycles. The van der Waals surface area contributed by atoms with Crippen LogP contribution in [0.25, 0.3) is 23.1 Å². The Hall–Kier alpha value is -4.20. The van der Waals surface area contributed by atoms with Crippen molar-refractivity contribution in [2.45, 2.75) is 6.42 Å². The van der Waals surface area contributed by atoms with Gasteiger partial charge in [0.05, 0.1) is 23.3 Å². The number of rotatable bonds is 5. The Labute approximate surface area is 181 Å². The molecule has 2 heterocycles. The molecule has 0 saturated heterocycles. The van der Waals surface area contributed by atoms with Crippen molar-refractivity contribution in [1.29, 1.82) is 0 Å². The summed E-state index contributed by atoms with van der Waals surface area (Å²) in [4.78, 5) is 12.5. The van der Waals surface area contributed by atoms with E-state index in [1.165, 1.54) is 24.3 Å². The number of aromatic nitrogens is 2. The van der Waals surface area contributed by atoms with Crippen molar-refractivity contribution in [3.63, 3.8) is 0 Å². The van der Waals surface area contributed by atoms with Crippen LogP contribution in [0, 0.1) is 11.6 Å². The molecule has 0 atom stereocenters. The van der Waals surface area contributed by atoms with Crippen LogP contribution in [0.15, 0.2) is 54.6 Å². The van der Waals surface area contributed by atoms with Crippen molar-refractivity contribution >= 4 is 34.6 Å². The Kier molecular flexibility index (Phi) is 5.03. The summed E-state index contributed by atoms with van der Waals surface area (Å²) < 4.78 is 38.2. The third-order valence-corrected chi connectivity index (χ3v) is 5.06. The van der Waals surface area contributed by atoms with Gasteiger partial charge in [0.25, 0.3) is 0 Å². The molecule has 0 aliphatic carbocycles. The lowest BCUT2D eigenvalue weighted by atomic mass is 10.1. The first-order chi connectivity index (χ1) is 15.5. The van der Waals surface area contributed by atoms with Gasteiger partial charge in [-0.3, -0.25) is 9.89 Å². The minimum atomic E-state index is -0.575. The molecule has 1 aliphatic heterocycles. The molecule has 3 aromatic carbocycles. The molecule has 4 aromatic rings. The monoisotopic (exact) mass is 433 g/mol. The van der Waals surface area contributed by atoms with Crippen LogP contribution in [0.3, 0.4) is 0 Å². The Morgan fingerprint density at radius 1 is 1.03 bits per heavy atom. The van der Waals surface area contributed by atoms with Gasteiger partial charge in [0.1, 0.15) is 11.6 Å². The first-order valence-electron chi connectivity index (χ1n) is 9.85. The lowest BCUT2D eigenvalue weighted by Crippen LogP contribution is -2.15. The van der Waals surface area contributed by atoms with Gasteiger partial charge >= 0.3 is 0 Å². The van der Waals surface area contributed by atoms with E-state index in [-0.39, 0.29) is 30.6 Å². The molecule has 0 radical (unpaired) electrons. The average molecular weight is 433 g/mol. The second kappa shape index (κ2) is 8.14. The number of amides is 1. The third-order valence-electron chi connectivity index (χ3n) is 5.06. The number of anilines is 1. The Morgan fingerprint density at radius 3 is 2.69 bits per heavy atom. The van der Waals surface area contributed by atoms with Crippen LogP contribution in [0.4, 0.5) is 14.5 Å². The van der Waals surface area contributed by atoms with Crippen LogP contribution in [0.2, 0.25) is 0 Å². The van der Waals surface area contributed by atoms with Gasteiger partial charge in [0.2, 0.25) is 12.7 Å². The molecule has 0 saturated carbocycles. The summed E-state index contributed by atoms with van der Waals surface area (Å²) in [7, 11) is 0. The summed E-state index contributed by atoms with van der Waals surface area (Å²) in [5.41, 5.74) is 2.63. The summed E-state index contributed by atoms with van der Waals surface area (Å²) >= 11 is 0. The zero-order valence-electron chi connectivity index (χ0n) is 16.7. The van der Waals surface area contributed by atoms with Gasteiger partial charge in [-0.05, 0) is 47.5 Å². The number of hydrogen-bond donors (Lipinski definition) is 2. The second-order valence-electron chi connectivity index (χ2n) is 7.28. The van der Waals surface area contributed by atoms with Crippen molar-refractivity contribution in [2.24, 2.45) is 0 Å². The van der Waals surface area contributed by atoms with Crippen molar-refractivity contribution in [3.8, 4) is 11.5 Å². The highest BCUT2D eigenvalue weighted by Gasteiger charge is 2.16. The molecule has 32 heavy (non-hydrogen) atoms. The summed E-state index contributed by atoms with van der Waals surface area (Å²) in [6, 6.07) is 14.1. The molecule has 1 aliphatic rings. The molecule has 0 unspecified atom stereocenters. The number of carbonyl (C=O) groups excluding carboxylic acids is 1. The quantitative estimate of drug-likeness (QED) is 0.468. The van der Waals surface area contributed by atoms with E-state index in [1.807, 2.05) is 0 Å². The molecule has 6 nitrogen and oxygen atoms in total. The molecular weight excluding hydrogens is 416 g/mol. The van der Waals surface area contributed by atoms with Crippen molar-refractivity contribution < 1.29 is 23.0 Å². The summed E-state index contributed by atoms with van der Waals surface area (Å²) in [5, 5.41) is 10.2. The fraction of sp³-hybridized carbons (Fsp3) is 0.0833. The zero-order chi connectivity index (χ0) is 22.1. The summed E-state index contributed by atoms with van der Waals surface area (Å²) in [5.74, 6) is -0.0436. The van der Waals surface area contributed by atoms with Crippen molar-refractivity contribution in [2.75, 3.05) is 12.1 Å². The average Bonchev–Trinajstić information content (AvgIpc) is 3.40. The van der Waals surface area contributed by atoms with Crippen LogP contribution in [-0.4, -0.2) is 22.9 Å². The lowest BCUT2D eigenvalue weighted by Gasteiger charge is -2.08. The number of nitrogens with one attached hydrogen (secondary N) is 2. The Bertz CT molecular complexity index is 1350. The van der Waals surface area contributed by atoms with Gasteiger partial charge in [-0.15, -0.1) is 0 Å². The van der Waals surface area contributed by atoms with Gasteiger partial charge in [-0.2, -0.15) is 5.10 Å². The SMILES string of the molecule is O=C(Cc1ccc2c(c1)OCO2)Nc1cc2c(C=Cc3ccc(F)cc3)n[nH]c2cc1F. The standard InChI is InChI=1S/C24H17F2N3O3/c25-16-5-1-14(2-6-16)3-7-19-17-11-21(18(26)12-20(17)29-28-19)27-24(30)10-15-4-8-22-23(9-15)32-13-31-22/h1-9,11-12H,10,13H2,(H,27,30)(H,28,29). The van der Waals surface area contributed by atoms with E-state index >= 15 is 0 Å². The molecule has 1 amide bonds. The Morgan fingerprint density at radius 2 is 1.84 bits per heavy atom. The number of carbonyl (C=O) groups is 1. The highest BCUT2D eigenvalue weighted by atomic mass is 19.1. The number of benzene rings is 3. The van der Waals surface area contributed by atoms with Crippen molar-refractivity contribution in [3.05, 3.63) is 83.1 Å². The van der Waals surface area contributed by atoms with Gasteiger partial charge in [0.15, 0.2) is 11.5 Å². The molecular formula is C24H17F2N3O3. The molecule has 0 bridgehead atoms. The van der Waals surface area contributed by atoms with E-state index < -0.39 is 5.82 Å². The maximum absolute atomic E-state index is 14.5. The molecule has 5 rings (SSSR count). The number of aromatic amines is 1. The molecule has 0 fully saturated rings. The van der Waals surface area contributed by atoms with Crippen LogP contribution in [-0.2, 0) is 11.2 Å². The lowest BCUT2D eigenvalue weighted by molar-refractivity contribution is -0.115. The van der Waals surface area contributed by atoms with Gasteiger partial charge in [0, 0.05) is 11.5 Å². The molecule has 160 valence electrons. The normalized spacial score (nSPS) is 12.6. The number of halogens is 2. The van der Waals surface area contributed by atoms with E-state index in [1.54, 1.807) is 42.5 Å². The summed E-state index contributed by atoms with van der Waals surface area (Å²) in [6.07, 6.45) is 3.56. The largest absolute Gasteiger partial charge is 0.454 e. The smallest absolute Gasteiger partial charge is 0.231 e. The second-order valence-corrected chi connectivity index (χ2v) is 7.28. The van der Waals surface area contributed by atoms with Crippen LogP contribution in [0.5, 0.6) is 11.5 Å². The fourth-order valence-electron chi connectivity index (χ4n) is 3.46. The zero-order valence-corrected chi connectivity index (χ0v) is 16.7. The number of H-pyrrole nitrogens is 1. The van der Waals surface area contributed by atoms with Crippen molar-refractivity contribution in [1.82, 2.24) is 10.2 Å². The minimum absolute atomic E-state index is 0.0524. The molecule has 2 N–H and O–H groups in total. The fourth-order valence-corrected chi connectivity index (χ4v) is 3.46. The first-order valence-corrected chi connectivity index (χ1v) is 9.85. The number of fused-ring (bicyclic) bond motifs is 2. The van der Waals surface area contributed by atoms with E-state index in [2.05, 4.69) is 15.5 Å². The minimum Gasteiger partial charge on any atom is -0.454 e. The van der Waals surface area contributed by atoms with E-state index in [0.717, 1.165) is 11.1 Å². The van der Waals surface area contributed by atoms with Crippen LogP contribution < -0.4 is 14.8 Å². The van der Waals surface area contributed by atoms with Gasteiger partial charge < -0.3 is 14.8 Å². The predicted octanol–water partition coefficient (Wildman–Crippen LogP) is 4.92. The third kappa shape index (κ3) is 4.02. The maximum atomic E-state index is 14.5. The van der Waals surface area contributed by atoms with Crippen LogP contribution in [0.1, 0.15) is 16.8 Å². The van der Waals surface area contributed by atoms with Crippen LogP contribution >= 0.6 is 0 Å². The maximum Gasteiger partial charge on any atom is 0.231 e. The highest BCUT2D eigenvalue weighted by Crippen LogP contribution is 2.33. The van der Waals surface area contributed by atoms with E-state index in [4.69, 9.17) is 9.47 Å². The number of ether oxygens (including phenoxy) is 2. The predicted molar refractivity (Wildman–Crippen MR) is 116 cm³/mol. The molecule has 0 spiro atoms. The van der Waals surface area contributed by atoms with Gasteiger partial charge in [-0.25, -0.2) is 8.78 Å². The number of hydrogen-bond acceptors (Lipinski definition) is 4. The Balaban J connectivity index is 1.35. The van der Waals surface area contributed by atoms with E-state index in [0.29, 0.717) is 28.1 Å². The first kappa shape index (κ1) is 19.7. The highest BCUT2D eigenvalue weighted by molar-refractivity contribution is 5.97. The summed E-state index contributed by atoms with van der Waals surface area (Å²) in [6.45, 7) is 0.152. The number of nitrogens with zero attached hydrogens (tertiary/aromatic N) is 1.